The molecule has 3 N–H and O–H groups in total. The average Bonchev–Trinajstić information content (AvgIpc) is 3.49. The third-order valence-corrected chi connectivity index (χ3v) is 18.0. The van der Waals surface area contributed by atoms with Crippen LogP contribution in [0, 0.1) is 0 Å². The van der Waals surface area contributed by atoms with Crippen molar-refractivity contribution in [1.29, 1.82) is 0 Å². The second kappa shape index (κ2) is 72.8. The molecule has 0 aliphatic heterocycles. The fourth-order valence-electron chi connectivity index (χ4n) is 12.2. The van der Waals surface area contributed by atoms with Crippen LogP contribution in [0.5, 0.6) is 0 Å². The van der Waals surface area contributed by atoms with Crippen molar-refractivity contribution in [3.63, 3.8) is 0 Å². The molecule has 0 radical (unpaired) electrons. The van der Waals surface area contributed by atoms with Crippen LogP contribution in [0.2, 0.25) is 0 Å². The zero-order chi connectivity index (χ0) is 59.9. The molecule has 6 heteroatoms. The summed E-state index contributed by atoms with van der Waals surface area (Å²) in [6, 6.07) is -0.624. The zero-order valence-corrected chi connectivity index (χ0v) is 56.5. The van der Waals surface area contributed by atoms with Gasteiger partial charge in [0.15, 0.2) is 0 Å². The highest BCUT2D eigenvalue weighted by Crippen LogP contribution is 2.20. The van der Waals surface area contributed by atoms with Gasteiger partial charge < -0.3 is 20.3 Å². The molecule has 0 aromatic heterocycles. The summed E-state index contributed by atoms with van der Waals surface area (Å²) in [6.45, 7) is 4.94. The van der Waals surface area contributed by atoms with Crippen LogP contribution in [-0.4, -0.2) is 47.4 Å². The van der Waals surface area contributed by atoms with Crippen LogP contribution >= 0.6 is 0 Å². The van der Waals surface area contributed by atoms with E-state index < -0.39 is 12.1 Å². The van der Waals surface area contributed by atoms with E-state index in [1.807, 2.05) is 6.08 Å². The molecule has 0 aromatic carbocycles. The lowest BCUT2D eigenvalue weighted by Crippen LogP contribution is -2.45. The highest BCUT2D eigenvalue weighted by atomic mass is 16.5. The highest BCUT2D eigenvalue weighted by Gasteiger charge is 2.18. The summed E-state index contributed by atoms with van der Waals surface area (Å²) in [6.07, 6.45) is 92.9. The largest absolute Gasteiger partial charge is 0.466 e. The summed E-state index contributed by atoms with van der Waals surface area (Å²) in [5.41, 5.74) is 0. The molecule has 0 heterocycles. The molecular formula is C77H149NO5. The molecule has 2 unspecified atom stereocenters. The lowest BCUT2D eigenvalue weighted by atomic mass is 10.0. The Balaban J connectivity index is 3.33. The topological polar surface area (TPSA) is 95.9 Å². The number of ether oxygens (including phenoxy) is 1. The molecular weight excluding hydrogens is 1020 g/mol. The Hall–Kier alpha value is -1.66. The molecule has 0 aromatic rings. The summed E-state index contributed by atoms with van der Waals surface area (Å²) in [7, 11) is 0. The van der Waals surface area contributed by atoms with E-state index in [9.17, 15) is 19.8 Å². The van der Waals surface area contributed by atoms with Gasteiger partial charge in [-0.1, -0.05) is 385 Å². The number of hydrogen-bond acceptors (Lipinski definition) is 5. The van der Waals surface area contributed by atoms with E-state index in [2.05, 4.69) is 31.3 Å². The minimum Gasteiger partial charge on any atom is -0.466 e. The maximum Gasteiger partial charge on any atom is 0.305 e. The van der Waals surface area contributed by atoms with Crippen molar-refractivity contribution in [1.82, 2.24) is 5.32 Å². The van der Waals surface area contributed by atoms with E-state index >= 15 is 0 Å². The molecule has 0 fully saturated rings. The number of hydrogen-bond donors (Lipinski definition) is 3. The van der Waals surface area contributed by atoms with E-state index in [-0.39, 0.29) is 18.5 Å². The van der Waals surface area contributed by atoms with E-state index in [0.717, 1.165) is 44.9 Å². The molecule has 1 amide bonds. The van der Waals surface area contributed by atoms with Gasteiger partial charge in [0.1, 0.15) is 0 Å². The van der Waals surface area contributed by atoms with Crippen molar-refractivity contribution in [2.45, 2.75) is 443 Å². The van der Waals surface area contributed by atoms with Gasteiger partial charge in [-0.25, -0.2) is 0 Å². The molecule has 0 saturated heterocycles. The number of amides is 1. The van der Waals surface area contributed by atoms with Crippen molar-refractivity contribution in [3.05, 3.63) is 24.3 Å². The Morgan fingerprint density at radius 3 is 0.855 bits per heavy atom. The van der Waals surface area contributed by atoms with Gasteiger partial charge in [-0.15, -0.1) is 0 Å². The fraction of sp³-hybridized carbons (Fsp3) is 0.922. The van der Waals surface area contributed by atoms with Crippen LogP contribution in [0.15, 0.2) is 24.3 Å². The first-order valence-electron chi connectivity index (χ1n) is 38.1. The Kier molecular flexibility index (Phi) is 71.4. The molecule has 0 spiro atoms. The van der Waals surface area contributed by atoms with Crippen LogP contribution in [0.4, 0.5) is 0 Å². The van der Waals surface area contributed by atoms with E-state index in [1.54, 1.807) is 6.08 Å². The van der Waals surface area contributed by atoms with Crippen molar-refractivity contribution < 1.29 is 24.5 Å². The lowest BCUT2D eigenvalue weighted by molar-refractivity contribution is -0.143. The predicted octanol–water partition coefficient (Wildman–Crippen LogP) is 24.9. The number of carbonyl (C=O) groups excluding carboxylic acids is 2. The molecule has 83 heavy (non-hydrogen) atoms. The minimum atomic E-state index is -0.841. The smallest absolute Gasteiger partial charge is 0.305 e. The van der Waals surface area contributed by atoms with Gasteiger partial charge in [0.25, 0.3) is 0 Å². The maximum absolute atomic E-state index is 12.5. The first kappa shape index (κ1) is 81.3. The summed E-state index contributed by atoms with van der Waals surface area (Å²) in [4.78, 5) is 24.6. The fourth-order valence-corrected chi connectivity index (χ4v) is 12.2. The monoisotopic (exact) mass is 1170 g/mol. The molecule has 0 rings (SSSR count). The van der Waals surface area contributed by atoms with Crippen LogP contribution < -0.4 is 5.32 Å². The van der Waals surface area contributed by atoms with Crippen molar-refractivity contribution >= 4 is 11.9 Å². The number of allylic oxidation sites excluding steroid dienone is 3. The van der Waals surface area contributed by atoms with E-state index in [4.69, 9.17) is 4.74 Å². The SMILES string of the molecule is CCCCCCCC/C=C\CCCCCCCC(=O)OCCCCCCCCCCCCCCCCCCCCCCCCCCCCCCCCCCCC(=O)NC(CO)C(O)/C=C/CCCCCCCCCCCCCCCCCC. The number of aliphatic hydroxyl groups is 2. The van der Waals surface area contributed by atoms with Gasteiger partial charge in [-0.2, -0.15) is 0 Å². The summed E-state index contributed by atoms with van der Waals surface area (Å²) >= 11 is 0. The van der Waals surface area contributed by atoms with E-state index in [0.29, 0.717) is 19.4 Å². The van der Waals surface area contributed by atoms with E-state index in [1.165, 1.54) is 360 Å². The Labute approximate surface area is 520 Å². The Bertz CT molecular complexity index is 1300. The molecule has 0 bridgehead atoms. The lowest BCUT2D eigenvalue weighted by Gasteiger charge is -2.20. The van der Waals surface area contributed by atoms with Gasteiger partial charge in [0.2, 0.25) is 5.91 Å². The van der Waals surface area contributed by atoms with Crippen molar-refractivity contribution in [2.75, 3.05) is 13.2 Å². The maximum atomic E-state index is 12.5. The van der Waals surface area contributed by atoms with Gasteiger partial charge in [-0.3, -0.25) is 9.59 Å². The number of nitrogens with one attached hydrogen (secondary N) is 1. The normalized spacial score (nSPS) is 12.6. The van der Waals surface area contributed by atoms with Crippen LogP contribution in [0.3, 0.4) is 0 Å². The Morgan fingerprint density at radius 2 is 0.566 bits per heavy atom. The minimum absolute atomic E-state index is 0.0143. The molecule has 0 aliphatic carbocycles. The molecule has 2 atom stereocenters. The zero-order valence-electron chi connectivity index (χ0n) is 56.5. The van der Waals surface area contributed by atoms with Crippen LogP contribution in [0.1, 0.15) is 431 Å². The molecule has 6 nitrogen and oxygen atoms in total. The molecule has 0 saturated carbocycles. The van der Waals surface area contributed by atoms with Crippen molar-refractivity contribution in [3.8, 4) is 0 Å². The highest BCUT2D eigenvalue weighted by molar-refractivity contribution is 5.76. The second-order valence-corrected chi connectivity index (χ2v) is 26.3. The second-order valence-electron chi connectivity index (χ2n) is 26.3. The molecule has 492 valence electrons. The van der Waals surface area contributed by atoms with Gasteiger partial charge >= 0.3 is 5.97 Å². The van der Waals surface area contributed by atoms with Gasteiger partial charge in [0.05, 0.1) is 25.4 Å². The third kappa shape index (κ3) is 69.3. The summed E-state index contributed by atoms with van der Waals surface area (Å²) < 4.78 is 5.50. The van der Waals surface area contributed by atoms with Crippen molar-refractivity contribution in [2.24, 2.45) is 0 Å². The standard InChI is InChI=1S/C77H149NO5/c1-3-5-7-9-11-13-15-17-19-20-38-42-45-49-53-57-61-65-69-75(80)74(73-79)78-76(81)70-66-62-58-54-50-46-43-39-36-34-32-30-28-26-24-22-21-23-25-27-29-31-33-35-37-40-44-48-52-56-60-64-68-72-83-77(82)71-67-63-59-55-51-47-41-18-16-14-12-10-8-6-4-2/h18,41,65,69,74-75,79-80H,3-17,19-40,42-64,66-68,70-73H2,1-2H3,(H,78,81)/b41-18-,69-65+. The van der Waals surface area contributed by atoms with Crippen LogP contribution in [0.25, 0.3) is 0 Å². The summed E-state index contributed by atoms with van der Waals surface area (Å²) in [5, 5.41) is 23.2. The predicted molar refractivity (Wildman–Crippen MR) is 366 cm³/mol. The first-order valence-corrected chi connectivity index (χ1v) is 38.1. The number of rotatable bonds is 72. The van der Waals surface area contributed by atoms with Gasteiger partial charge in [-0.05, 0) is 57.8 Å². The average molecular weight is 1170 g/mol. The van der Waals surface area contributed by atoms with Crippen LogP contribution in [-0.2, 0) is 14.3 Å². The number of esters is 1. The first-order chi connectivity index (χ1) is 41.0. The third-order valence-electron chi connectivity index (χ3n) is 18.0. The molecule has 0 aliphatic rings. The number of carbonyl (C=O) groups is 2. The Morgan fingerprint density at radius 1 is 0.325 bits per heavy atom. The quantitative estimate of drug-likeness (QED) is 0.0320. The van der Waals surface area contributed by atoms with Gasteiger partial charge in [0, 0.05) is 12.8 Å². The summed E-state index contributed by atoms with van der Waals surface area (Å²) in [5.74, 6) is -0.0450. The number of aliphatic hydroxyl groups excluding tert-OH is 2. The number of unbranched alkanes of at least 4 members (excludes halogenated alkanes) is 59.